The number of carbonyl (C=O) groups is 1. The van der Waals surface area contributed by atoms with Crippen LogP contribution in [0.3, 0.4) is 0 Å². The number of benzene rings is 1. The smallest absolute Gasteiger partial charge is 0.227 e. The van der Waals surface area contributed by atoms with E-state index < -0.39 is 0 Å². The number of nitrogens with zero attached hydrogens (tertiary/aromatic N) is 3. The third-order valence-corrected chi connectivity index (χ3v) is 4.90. The third kappa shape index (κ3) is 2.46. The molecule has 23 heavy (non-hydrogen) atoms. The average Bonchev–Trinajstić information content (AvgIpc) is 2.90. The minimum absolute atomic E-state index is 0.142. The van der Waals surface area contributed by atoms with Gasteiger partial charge in [-0.15, -0.1) is 0 Å². The van der Waals surface area contributed by atoms with Crippen molar-refractivity contribution in [3.63, 3.8) is 0 Å². The van der Waals surface area contributed by atoms with E-state index in [9.17, 15) is 4.79 Å². The van der Waals surface area contributed by atoms with Crippen LogP contribution in [0.1, 0.15) is 35.7 Å². The summed E-state index contributed by atoms with van der Waals surface area (Å²) in [6.07, 6.45) is 6.79. The van der Waals surface area contributed by atoms with Gasteiger partial charge in [0, 0.05) is 24.2 Å². The molecule has 4 rings (SSSR count). The Morgan fingerprint density at radius 1 is 1.39 bits per heavy atom. The van der Waals surface area contributed by atoms with Gasteiger partial charge in [-0.1, -0.05) is 12.1 Å². The summed E-state index contributed by atoms with van der Waals surface area (Å²) >= 11 is 0. The summed E-state index contributed by atoms with van der Waals surface area (Å²) in [5.41, 5.74) is 3.22. The van der Waals surface area contributed by atoms with E-state index in [-0.39, 0.29) is 18.0 Å². The second kappa shape index (κ2) is 5.65. The molecule has 2 unspecified atom stereocenters. The molecule has 1 amide bonds. The maximum absolute atomic E-state index is 12.9. The van der Waals surface area contributed by atoms with Gasteiger partial charge >= 0.3 is 0 Å². The molecule has 1 saturated heterocycles. The molecule has 0 aliphatic carbocycles. The SMILES string of the molecule is COc1cccc(CC(=O)N2C3CCC2c2cncnc2C3)c1. The molecule has 2 bridgehead atoms. The maximum atomic E-state index is 12.9. The van der Waals surface area contributed by atoms with Gasteiger partial charge in [0.15, 0.2) is 0 Å². The van der Waals surface area contributed by atoms with Crippen LogP contribution >= 0.6 is 0 Å². The number of fused-ring (bicyclic) bond motifs is 4. The molecule has 2 atom stereocenters. The molecule has 2 aromatic rings. The average molecular weight is 309 g/mol. The molecule has 3 heterocycles. The number of ether oxygens (including phenoxy) is 1. The van der Waals surface area contributed by atoms with Crippen molar-refractivity contribution in [3.8, 4) is 5.75 Å². The fraction of sp³-hybridized carbons (Fsp3) is 0.389. The van der Waals surface area contributed by atoms with Crippen molar-refractivity contribution >= 4 is 5.91 Å². The van der Waals surface area contributed by atoms with Crippen molar-refractivity contribution in [1.82, 2.24) is 14.9 Å². The summed E-state index contributed by atoms with van der Waals surface area (Å²) in [6.45, 7) is 0. The Balaban J connectivity index is 1.58. The van der Waals surface area contributed by atoms with E-state index in [2.05, 4.69) is 14.9 Å². The Bertz CT molecular complexity index is 747. The van der Waals surface area contributed by atoms with Crippen molar-refractivity contribution in [2.24, 2.45) is 0 Å². The summed E-state index contributed by atoms with van der Waals surface area (Å²) in [4.78, 5) is 23.5. The van der Waals surface area contributed by atoms with E-state index in [1.54, 1.807) is 13.4 Å². The lowest BCUT2D eigenvalue weighted by atomic mass is 9.98. The molecule has 5 heteroatoms. The third-order valence-electron chi connectivity index (χ3n) is 4.90. The molecular weight excluding hydrogens is 290 g/mol. The molecule has 2 aliphatic rings. The Morgan fingerprint density at radius 3 is 3.17 bits per heavy atom. The number of methoxy groups -OCH3 is 1. The maximum Gasteiger partial charge on any atom is 0.227 e. The minimum Gasteiger partial charge on any atom is -0.497 e. The van der Waals surface area contributed by atoms with Gasteiger partial charge in [0.05, 0.1) is 25.3 Å². The second-order valence-electron chi connectivity index (χ2n) is 6.21. The van der Waals surface area contributed by atoms with E-state index >= 15 is 0 Å². The van der Waals surface area contributed by atoms with Crippen molar-refractivity contribution < 1.29 is 9.53 Å². The highest BCUT2D eigenvalue weighted by Crippen LogP contribution is 2.42. The Hall–Kier alpha value is -2.43. The lowest BCUT2D eigenvalue weighted by molar-refractivity contribution is -0.134. The quantitative estimate of drug-likeness (QED) is 0.873. The summed E-state index contributed by atoms with van der Waals surface area (Å²) < 4.78 is 5.24. The lowest BCUT2D eigenvalue weighted by Crippen LogP contribution is -2.43. The van der Waals surface area contributed by atoms with Crippen LogP contribution in [0.15, 0.2) is 36.8 Å². The van der Waals surface area contributed by atoms with Crippen LogP contribution < -0.4 is 4.74 Å². The van der Waals surface area contributed by atoms with E-state index in [1.807, 2.05) is 30.5 Å². The molecule has 1 aromatic heterocycles. The molecule has 1 aromatic carbocycles. The summed E-state index contributed by atoms with van der Waals surface area (Å²) in [5, 5.41) is 0. The monoisotopic (exact) mass is 309 g/mol. The molecule has 1 fully saturated rings. The van der Waals surface area contributed by atoms with E-state index in [0.717, 1.165) is 41.8 Å². The number of aromatic nitrogens is 2. The van der Waals surface area contributed by atoms with Crippen LogP contribution in [0, 0.1) is 0 Å². The normalized spacial score (nSPS) is 21.9. The fourth-order valence-corrected chi connectivity index (χ4v) is 3.85. The molecule has 0 spiro atoms. The van der Waals surface area contributed by atoms with Crippen LogP contribution in [0.4, 0.5) is 0 Å². The molecule has 5 nitrogen and oxygen atoms in total. The Labute approximate surface area is 135 Å². The number of amides is 1. The number of rotatable bonds is 3. The first-order valence-corrected chi connectivity index (χ1v) is 7.99. The zero-order chi connectivity index (χ0) is 15.8. The van der Waals surface area contributed by atoms with Crippen molar-refractivity contribution in [2.75, 3.05) is 7.11 Å². The summed E-state index contributed by atoms with van der Waals surface area (Å²) in [6, 6.07) is 8.15. The topological polar surface area (TPSA) is 55.3 Å². The second-order valence-corrected chi connectivity index (χ2v) is 6.21. The van der Waals surface area contributed by atoms with Crippen molar-refractivity contribution in [3.05, 3.63) is 53.6 Å². The van der Waals surface area contributed by atoms with Crippen LogP contribution in [0.25, 0.3) is 0 Å². The van der Waals surface area contributed by atoms with Crippen LogP contribution in [0.5, 0.6) is 5.75 Å². The highest BCUT2D eigenvalue weighted by molar-refractivity contribution is 5.80. The summed E-state index contributed by atoms with van der Waals surface area (Å²) in [7, 11) is 1.64. The van der Waals surface area contributed by atoms with Crippen LogP contribution in [0.2, 0.25) is 0 Å². The van der Waals surface area contributed by atoms with Gasteiger partial charge in [0.25, 0.3) is 0 Å². The van der Waals surface area contributed by atoms with Gasteiger partial charge in [0.2, 0.25) is 5.91 Å². The Kier molecular flexibility index (Phi) is 3.48. The predicted molar refractivity (Wildman–Crippen MR) is 85.0 cm³/mol. The minimum atomic E-state index is 0.142. The summed E-state index contributed by atoms with van der Waals surface area (Å²) in [5.74, 6) is 0.968. The molecular formula is C18H19N3O2. The van der Waals surface area contributed by atoms with E-state index in [1.165, 1.54) is 0 Å². The highest BCUT2D eigenvalue weighted by atomic mass is 16.5. The number of hydrogen-bond donors (Lipinski definition) is 0. The van der Waals surface area contributed by atoms with E-state index in [4.69, 9.17) is 4.74 Å². The largest absolute Gasteiger partial charge is 0.497 e. The standard InChI is InChI=1S/C18H19N3O2/c1-23-14-4-2-3-12(7-14)8-18(22)21-13-5-6-17(21)15-10-19-11-20-16(15)9-13/h2-4,7,10-11,13,17H,5-6,8-9H2,1H3. The van der Waals surface area contributed by atoms with Crippen molar-refractivity contribution in [1.29, 1.82) is 0 Å². The molecule has 2 aliphatic heterocycles. The molecule has 0 saturated carbocycles. The molecule has 0 radical (unpaired) electrons. The van der Waals surface area contributed by atoms with Crippen LogP contribution in [-0.2, 0) is 17.6 Å². The lowest BCUT2D eigenvalue weighted by Gasteiger charge is -2.35. The van der Waals surface area contributed by atoms with Gasteiger partial charge in [-0.05, 0) is 30.5 Å². The van der Waals surface area contributed by atoms with Gasteiger partial charge in [-0.25, -0.2) is 9.97 Å². The van der Waals surface area contributed by atoms with Crippen LogP contribution in [-0.4, -0.2) is 33.9 Å². The van der Waals surface area contributed by atoms with Gasteiger partial charge in [0.1, 0.15) is 12.1 Å². The van der Waals surface area contributed by atoms with E-state index in [0.29, 0.717) is 6.42 Å². The number of carbonyl (C=O) groups excluding carboxylic acids is 1. The van der Waals surface area contributed by atoms with Gasteiger partial charge in [-0.3, -0.25) is 4.79 Å². The first-order chi connectivity index (χ1) is 11.3. The zero-order valence-corrected chi connectivity index (χ0v) is 13.1. The zero-order valence-electron chi connectivity index (χ0n) is 13.1. The predicted octanol–water partition coefficient (Wildman–Crippen LogP) is 2.32. The molecule has 118 valence electrons. The first kappa shape index (κ1) is 14.2. The molecule has 0 N–H and O–H groups in total. The fourth-order valence-electron chi connectivity index (χ4n) is 3.85. The number of hydrogen-bond acceptors (Lipinski definition) is 4. The van der Waals surface area contributed by atoms with Crippen molar-refractivity contribution in [2.45, 2.75) is 37.8 Å². The first-order valence-electron chi connectivity index (χ1n) is 7.99. The van der Waals surface area contributed by atoms with Gasteiger partial charge < -0.3 is 9.64 Å². The van der Waals surface area contributed by atoms with Gasteiger partial charge in [-0.2, -0.15) is 0 Å². The highest BCUT2D eigenvalue weighted by Gasteiger charge is 2.42. The Morgan fingerprint density at radius 2 is 2.30 bits per heavy atom.